The van der Waals surface area contributed by atoms with E-state index in [1.807, 2.05) is 26.8 Å². The molecule has 3 aromatic rings. The number of sulfonamides is 1. The molecule has 0 saturated carbocycles. The van der Waals surface area contributed by atoms with Crippen LogP contribution in [0.25, 0.3) is 0 Å². The number of aryl methyl sites for hydroxylation is 2. The van der Waals surface area contributed by atoms with Gasteiger partial charge in [0.15, 0.2) is 0 Å². The van der Waals surface area contributed by atoms with Gasteiger partial charge in [0, 0.05) is 28.7 Å². The van der Waals surface area contributed by atoms with E-state index in [9.17, 15) is 18.0 Å². The Hall–Kier alpha value is -3.07. The maximum Gasteiger partial charge on any atom is 0.264 e. The van der Waals surface area contributed by atoms with Crippen molar-refractivity contribution in [2.24, 2.45) is 5.92 Å². The molecule has 1 unspecified atom stereocenters. The van der Waals surface area contributed by atoms with Crippen LogP contribution in [0.1, 0.15) is 37.5 Å². The number of rotatable bonds is 11. The average Bonchev–Trinajstić information content (AvgIpc) is 2.90. The van der Waals surface area contributed by atoms with Crippen molar-refractivity contribution in [3.8, 4) is 0 Å². The zero-order valence-electron chi connectivity index (χ0n) is 23.3. The summed E-state index contributed by atoms with van der Waals surface area (Å²) >= 11 is 12.9. The summed E-state index contributed by atoms with van der Waals surface area (Å²) in [5.74, 6) is -0.744. The van der Waals surface area contributed by atoms with Gasteiger partial charge >= 0.3 is 0 Å². The van der Waals surface area contributed by atoms with Gasteiger partial charge in [-0.05, 0) is 62.6 Å². The van der Waals surface area contributed by atoms with Crippen LogP contribution in [0.3, 0.4) is 0 Å². The van der Waals surface area contributed by atoms with Crippen molar-refractivity contribution in [3.63, 3.8) is 0 Å². The van der Waals surface area contributed by atoms with E-state index in [1.54, 1.807) is 62.4 Å². The highest BCUT2D eigenvalue weighted by atomic mass is 35.5. The summed E-state index contributed by atoms with van der Waals surface area (Å²) in [6.07, 6.45) is 0. The molecule has 40 heavy (non-hydrogen) atoms. The van der Waals surface area contributed by atoms with Crippen LogP contribution in [0, 0.1) is 19.8 Å². The van der Waals surface area contributed by atoms with Crippen molar-refractivity contribution < 1.29 is 18.0 Å². The van der Waals surface area contributed by atoms with Crippen LogP contribution >= 0.6 is 23.2 Å². The number of hydrogen-bond acceptors (Lipinski definition) is 4. The second-order valence-corrected chi connectivity index (χ2v) is 12.8. The molecule has 0 aliphatic heterocycles. The molecule has 7 nitrogen and oxygen atoms in total. The van der Waals surface area contributed by atoms with E-state index in [0.717, 1.165) is 9.87 Å². The monoisotopic (exact) mass is 603 g/mol. The smallest absolute Gasteiger partial charge is 0.264 e. The van der Waals surface area contributed by atoms with Crippen LogP contribution in [-0.2, 0) is 26.2 Å². The number of hydrogen-bond donors (Lipinski definition) is 1. The normalized spacial score (nSPS) is 12.2. The quantitative estimate of drug-likeness (QED) is 0.291. The first-order chi connectivity index (χ1) is 18.8. The molecule has 0 saturated heterocycles. The predicted octanol–water partition coefficient (Wildman–Crippen LogP) is 6.00. The summed E-state index contributed by atoms with van der Waals surface area (Å²) in [5.41, 5.74) is 2.48. The first-order valence-electron chi connectivity index (χ1n) is 13.0. The minimum Gasteiger partial charge on any atom is -0.354 e. The molecule has 0 heterocycles. The zero-order valence-corrected chi connectivity index (χ0v) is 25.6. The van der Waals surface area contributed by atoms with Gasteiger partial charge in [0.05, 0.1) is 10.6 Å². The van der Waals surface area contributed by atoms with E-state index < -0.39 is 28.5 Å². The summed E-state index contributed by atoms with van der Waals surface area (Å²) in [6.45, 7) is 9.04. The number of nitrogens with zero attached hydrogens (tertiary/aromatic N) is 2. The molecule has 0 radical (unpaired) electrons. The van der Waals surface area contributed by atoms with Gasteiger partial charge in [0.2, 0.25) is 11.8 Å². The van der Waals surface area contributed by atoms with Gasteiger partial charge in [-0.25, -0.2) is 8.42 Å². The molecule has 214 valence electrons. The molecular formula is C30H35Cl2N3O4S. The molecule has 3 aromatic carbocycles. The third-order valence-electron chi connectivity index (χ3n) is 6.47. The third-order valence-corrected chi connectivity index (χ3v) is 8.96. The van der Waals surface area contributed by atoms with Gasteiger partial charge in [0.25, 0.3) is 10.0 Å². The van der Waals surface area contributed by atoms with E-state index >= 15 is 0 Å². The van der Waals surface area contributed by atoms with E-state index in [4.69, 9.17) is 23.2 Å². The molecule has 3 rings (SSSR count). The van der Waals surface area contributed by atoms with Gasteiger partial charge in [-0.3, -0.25) is 13.9 Å². The average molecular weight is 605 g/mol. The molecule has 0 bridgehead atoms. The molecular weight excluding hydrogens is 569 g/mol. The third kappa shape index (κ3) is 7.56. The summed E-state index contributed by atoms with van der Waals surface area (Å²) < 4.78 is 28.9. The standard InChI is InChI=1S/C30H35Cl2N3O4S/c1-20(2)17-33-30(37)23(5)34(18-25-26(31)12-9-13-27(25)32)29(36)19-35(28-15-14-21(3)16-22(28)4)40(38,39)24-10-7-6-8-11-24/h6-16,20,23H,17-19H2,1-5H3,(H,33,37). The van der Waals surface area contributed by atoms with Crippen LogP contribution in [0.4, 0.5) is 5.69 Å². The van der Waals surface area contributed by atoms with Gasteiger partial charge in [-0.15, -0.1) is 0 Å². The molecule has 1 N–H and O–H groups in total. The fourth-order valence-electron chi connectivity index (χ4n) is 4.21. The van der Waals surface area contributed by atoms with Gasteiger partial charge in [-0.2, -0.15) is 0 Å². The largest absolute Gasteiger partial charge is 0.354 e. The summed E-state index contributed by atoms with van der Waals surface area (Å²) in [5, 5.41) is 3.53. The number of carbonyl (C=O) groups excluding carboxylic acids is 2. The molecule has 2 amide bonds. The second-order valence-electron chi connectivity index (χ2n) is 10.2. The lowest BCUT2D eigenvalue weighted by Gasteiger charge is -2.33. The Balaban J connectivity index is 2.07. The highest BCUT2D eigenvalue weighted by Gasteiger charge is 2.33. The zero-order chi connectivity index (χ0) is 29.6. The van der Waals surface area contributed by atoms with Crippen molar-refractivity contribution in [2.45, 2.75) is 52.1 Å². The SMILES string of the molecule is Cc1ccc(N(CC(=O)N(Cc2c(Cl)cccc2Cl)C(C)C(=O)NCC(C)C)S(=O)(=O)c2ccccc2)c(C)c1. The Morgan fingerprint density at radius 2 is 1.52 bits per heavy atom. The van der Waals surface area contributed by atoms with Crippen LogP contribution in [0.15, 0.2) is 71.6 Å². The Morgan fingerprint density at radius 3 is 2.10 bits per heavy atom. The molecule has 0 aliphatic carbocycles. The predicted molar refractivity (Wildman–Crippen MR) is 161 cm³/mol. The fourth-order valence-corrected chi connectivity index (χ4v) is 6.22. The van der Waals surface area contributed by atoms with Gasteiger partial charge < -0.3 is 10.2 Å². The van der Waals surface area contributed by atoms with Crippen LogP contribution < -0.4 is 9.62 Å². The van der Waals surface area contributed by atoms with Crippen LogP contribution in [-0.4, -0.2) is 44.3 Å². The first kappa shape index (κ1) is 31.5. The highest BCUT2D eigenvalue weighted by Crippen LogP contribution is 2.30. The van der Waals surface area contributed by atoms with Gasteiger partial charge in [-0.1, -0.05) is 79.0 Å². The summed E-state index contributed by atoms with van der Waals surface area (Å²) in [4.78, 5) is 28.5. The molecule has 10 heteroatoms. The van der Waals surface area contributed by atoms with E-state index in [0.29, 0.717) is 33.4 Å². The lowest BCUT2D eigenvalue weighted by Crippen LogP contribution is -2.51. The number of nitrogens with one attached hydrogen (secondary N) is 1. The Morgan fingerprint density at radius 1 is 0.900 bits per heavy atom. The van der Waals surface area contributed by atoms with Crippen molar-refractivity contribution in [2.75, 3.05) is 17.4 Å². The number of benzene rings is 3. The maximum absolute atomic E-state index is 14.0. The van der Waals surface area contributed by atoms with Crippen molar-refractivity contribution in [1.82, 2.24) is 10.2 Å². The highest BCUT2D eigenvalue weighted by molar-refractivity contribution is 7.92. The summed E-state index contributed by atoms with van der Waals surface area (Å²) in [6, 6.07) is 17.3. The molecule has 0 spiro atoms. The maximum atomic E-state index is 14.0. The van der Waals surface area contributed by atoms with Crippen LogP contribution in [0.2, 0.25) is 10.0 Å². The van der Waals surface area contributed by atoms with E-state index in [2.05, 4.69) is 5.32 Å². The van der Waals surface area contributed by atoms with Crippen LogP contribution in [0.5, 0.6) is 0 Å². The Bertz CT molecular complexity index is 1440. The lowest BCUT2D eigenvalue weighted by molar-refractivity contribution is -0.139. The molecule has 1 atom stereocenters. The van der Waals surface area contributed by atoms with Crippen molar-refractivity contribution in [3.05, 3.63) is 93.5 Å². The summed E-state index contributed by atoms with van der Waals surface area (Å²) in [7, 11) is -4.14. The topological polar surface area (TPSA) is 86.8 Å². The number of halogens is 2. The second kappa shape index (κ2) is 13.5. The number of amides is 2. The molecule has 0 fully saturated rings. The van der Waals surface area contributed by atoms with Gasteiger partial charge in [0.1, 0.15) is 12.6 Å². The molecule has 0 aromatic heterocycles. The number of anilines is 1. The Labute approximate surface area is 247 Å². The van der Waals surface area contributed by atoms with E-state index in [1.165, 1.54) is 17.0 Å². The minimum atomic E-state index is -4.14. The van der Waals surface area contributed by atoms with Crippen molar-refractivity contribution >= 4 is 50.7 Å². The minimum absolute atomic E-state index is 0.0474. The fraction of sp³-hybridized carbons (Fsp3) is 0.333. The van der Waals surface area contributed by atoms with E-state index in [-0.39, 0.29) is 23.3 Å². The Kier molecular flexibility index (Phi) is 10.6. The lowest BCUT2D eigenvalue weighted by atomic mass is 10.1. The molecule has 0 aliphatic rings. The van der Waals surface area contributed by atoms with Crippen molar-refractivity contribution in [1.29, 1.82) is 0 Å². The first-order valence-corrected chi connectivity index (χ1v) is 15.2. The number of carbonyl (C=O) groups is 2.